The number of fused-ring (bicyclic) bond motifs is 4. The summed E-state index contributed by atoms with van der Waals surface area (Å²) < 4.78 is 6.18. The minimum absolute atomic E-state index is 0.0408. The Balaban J connectivity index is 1.94. The summed E-state index contributed by atoms with van der Waals surface area (Å²) >= 11 is 0. The number of carboxylic acids is 2. The normalized spacial score (nSPS) is 11.3. The van der Waals surface area contributed by atoms with Crippen molar-refractivity contribution in [2.45, 2.75) is 12.8 Å². The van der Waals surface area contributed by atoms with Crippen LogP contribution in [0.15, 0.2) is 75.9 Å². The third kappa shape index (κ3) is 3.53. The number of aryl methyl sites for hydroxylation is 1. The van der Waals surface area contributed by atoms with Gasteiger partial charge in [0.15, 0.2) is 5.43 Å². The Labute approximate surface area is 192 Å². The smallest absolute Gasteiger partial charge is 0.336 e. The summed E-state index contributed by atoms with van der Waals surface area (Å²) in [5, 5.41) is 30.8. The van der Waals surface area contributed by atoms with E-state index in [1.807, 2.05) is 0 Å². The Hall–Kier alpha value is -4.65. The van der Waals surface area contributed by atoms with Crippen LogP contribution >= 0.6 is 0 Å². The average molecular weight is 454 g/mol. The third-order valence-corrected chi connectivity index (χ3v) is 5.90. The largest absolute Gasteiger partial charge is 0.508 e. The Morgan fingerprint density at radius 1 is 0.853 bits per heavy atom. The van der Waals surface area contributed by atoms with Gasteiger partial charge in [0.2, 0.25) is 0 Å². The zero-order valence-electron chi connectivity index (χ0n) is 17.7. The molecule has 7 nitrogen and oxygen atoms in total. The molecule has 2 aliphatic rings. The molecule has 34 heavy (non-hydrogen) atoms. The van der Waals surface area contributed by atoms with Crippen LogP contribution in [0, 0.1) is 0 Å². The fourth-order valence-electron chi connectivity index (χ4n) is 4.35. The maximum atomic E-state index is 12.7. The van der Waals surface area contributed by atoms with E-state index < -0.39 is 11.9 Å². The Morgan fingerprint density at radius 3 is 2.38 bits per heavy atom. The van der Waals surface area contributed by atoms with Crippen molar-refractivity contribution in [2.24, 2.45) is 0 Å². The first kappa shape index (κ1) is 21.2. The predicted octanol–water partition coefficient (Wildman–Crippen LogP) is 5.14. The molecule has 1 aliphatic heterocycles. The molecule has 3 aromatic rings. The van der Waals surface area contributed by atoms with Gasteiger partial charge < -0.3 is 19.7 Å². The number of phenols is 1. The van der Waals surface area contributed by atoms with Gasteiger partial charge in [-0.3, -0.25) is 9.59 Å². The molecule has 7 heteroatoms. The van der Waals surface area contributed by atoms with E-state index in [2.05, 4.69) is 0 Å². The van der Waals surface area contributed by atoms with Gasteiger partial charge in [0.25, 0.3) is 0 Å². The first-order valence-electron chi connectivity index (χ1n) is 10.5. The van der Waals surface area contributed by atoms with Gasteiger partial charge >= 0.3 is 11.9 Å². The monoisotopic (exact) mass is 454 g/mol. The molecule has 5 rings (SSSR count). The number of aliphatic carboxylic acids is 1. The topological polar surface area (TPSA) is 125 Å². The fraction of sp³-hybridized carbons (Fsp3) is 0.0741. The summed E-state index contributed by atoms with van der Waals surface area (Å²) in [4.78, 5) is 35.9. The van der Waals surface area contributed by atoms with Crippen LogP contribution in [0.2, 0.25) is 0 Å². The summed E-state index contributed by atoms with van der Waals surface area (Å²) in [6, 6.07) is 17.9. The highest BCUT2D eigenvalue weighted by molar-refractivity contribution is 6.14. The molecule has 0 aromatic heterocycles. The van der Waals surface area contributed by atoms with Crippen molar-refractivity contribution in [3.63, 3.8) is 0 Å². The van der Waals surface area contributed by atoms with Gasteiger partial charge in [-0.1, -0.05) is 24.3 Å². The van der Waals surface area contributed by atoms with E-state index in [9.17, 15) is 24.6 Å². The van der Waals surface area contributed by atoms with Crippen LogP contribution in [0.1, 0.15) is 22.3 Å². The molecule has 0 spiro atoms. The molecule has 0 fully saturated rings. The maximum Gasteiger partial charge on any atom is 0.336 e. The maximum absolute atomic E-state index is 12.7. The van der Waals surface area contributed by atoms with E-state index >= 15 is 0 Å². The second-order valence-electron chi connectivity index (χ2n) is 8.03. The van der Waals surface area contributed by atoms with Gasteiger partial charge in [-0.25, -0.2) is 4.79 Å². The fourth-order valence-corrected chi connectivity index (χ4v) is 4.35. The number of hydrogen-bond donors (Lipinski definition) is 3. The van der Waals surface area contributed by atoms with Crippen molar-refractivity contribution >= 4 is 33.7 Å². The van der Waals surface area contributed by atoms with Crippen molar-refractivity contribution < 1.29 is 29.3 Å². The lowest BCUT2D eigenvalue weighted by Crippen LogP contribution is -2.11. The predicted molar refractivity (Wildman–Crippen MR) is 127 cm³/mol. The summed E-state index contributed by atoms with van der Waals surface area (Å²) in [6.07, 6.45) is -0.167. The van der Waals surface area contributed by atoms with Crippen molar-refractivity contribution in [1.82, 2.24) is 0 Å². The zero-order valence-corrected chi connectivity index (χ0v) is 17.7. The van der Waals surface area contributed by atoms with Crippen LogP contribution in [0.25, 0.3) is 44.2 Å². The zero-order chi connectivity index (χ0) is 24.0. The van der Waals surface area contributed by atoms with E-state index in [0.717, 1.165) is 0 Å². The quantitative estimate of drug-likeness (QED) is 0.248. The van der Waals surface area contributed by atoms with Crippen LogP contribution in [-0.2, 0) is 11.2 Å². The second kappa shape index (κ2) is 8.04. The molecule has 1 aliphatic carbocycles. The number of aromatic hydroxyl groups is 1. The number of hydrogen-bond acceptors (Lipinski definition) is 5. The minimum Gasteiger partial charge on any atom is -0.508 e. The third-order valence-electron chi connectivity index (χ3n) is 5.90. The molecule has 1 heterocycles. The summed E-state index contributed by atoms with van der Waals surface area (Å²) in [7, 11) is 0. The van der Waals surface area contributed by atoms with Crippen molar-refractivity contribution in [1.29, 1.82) is 0 Å². The molecule has 0 unspecified atom stereocenters. The molecule has 0 amide bonds. The lowest BCUT2D eigenvalue weighted by atomic mass is 9.88. The van der Waals surface area contributed by atoms with Crippen LogP contribution in [0.4, 0.5) is 0 Å². The highest BCUT2D eigenvalue weighted by atomic mass is 16.4. The summed E-state index contributed by atoms with van der Waals surface area (Å²) in [5.74, 6) is -1.77. The number of phenolic OH excluding ortho intramolecular Hbond substituents is 1. The van der Waals surface area contributed by atoms with E-state index in [0.29, 0.717) is 44.0 Å². The minimum atomic E-state index is -1.10. The number of carboxylic acid groups (broad SMARTS) is 2. The molecular weight excluding hydrogens is 436 g/mol. The first-order valence-corrected chi connectivity index (χ1v) is 10.5. The Bertz CT molecular complexity index is 1650. The average Bonchev–Trinajstić information content (AvgIpc) is 2.81. The van der Waals surface area contributed by atoms with Crippen LogP contribution in [0.5, 0.6) is 5.75 Å². The van der Waals surface area contributed by atoms with E-state index in [4.69, 9.17) is 9.52 Å². The van der Waals surface area contributed by atoms with Crippen molar-refractivity contribution in [3.8, 4) is 28.2 Å². The van der Waals surface area contributed by atoms with Crippen molar-refractivity contribution in [2.75, 3.05) is 0 Å². The second-order valence-corrected chi connectivity index (χ2v) is 8.03. The highest BCUT2D eigenvalue weighted by Crippen LogP contribution is 2.43. The molecule has 3 N–H and O–H groups in total. The van der Waals surface area contributed by atoms with Gasteiger partial charge in [-0.2, -0.15) is 0 Å². The molecular formula is C27H18O7. The van der Waals surface area contributed by atoms with Gasteiger partial charge in [0.05, 0.1) is 5.56 Å². The van der Waals surface area contributed by atoms with Crippen LogP contribution in [0.3, 0.4) is 0 Å². The number of carbonyl (C=O) groups is 2. The molecule has 0 bridgehead atoms. The summed E-state index contributed by atoms with van der Waals surface area (Å²) in [6.45, 7) is 0. The number of aromatic carboxylic acids is 1. The van der Waals surface area contributed by atoms with Gasteiger partial charge in [0.1, 0.15) is 17.1 Å². The first-order chi connectivity index (χ1) is 16.3. The van der Waals surface area contributed by atoms with Gasteiger partial charge in [-0.05, 0) is 53.8 Å². The highest BCUT2D eigenvalue weighted by Gasteiger charge is 2.23. The standard InChI is InChI=1S/C27H18O7/c28-16-7-9-17-14(11-16)5-8-20-25(18-3-1-2-4-19(18)27(32)33)21-12-15(6-10-24(30)31)22(29)13-23(21)34-26(17)20/h1-5,7-9,11-13,28H,6,10H2,(H,30,31)(H,32,33). The Morgan fingerprint density at radius 2 is 1.62 bits per heavy atom. The van der Waals surface area contributed by atoms with Crippen LogP contribution in [-0.4, -0.2) is 27.3 Å². The van der Waals surface area contributed by atoms with E-state index in [-0.39, 0.29) is 35.3 Å². The molecule has 168 valence electrons. The van der Waals surface area contributed by atoms with E-state index in [1.54, 1.807) is 48.5 Å². The van der Waals surface area contributed by atoms with Crippen LogP contribution < -0.4 is 5.43 Å². The lowest BCUT2D eigenvalue weighted by Gasteiger charge is -2.18. The molecule has 3 aromatic carbocycles. The molecule has 0 atom stereocenters. The summed E-state index contributed by atoms with van der Waals surface area (Å²) in [5.41, 5.74) is 2.01. The van der Waals surface area contributed by atoms with Gasteiger partial charge in [0, 0.05) is 39.9 Å². The SMILES string of the molecule is O=C(O)CCc1cc2c(-c3ccccc3C(=O)O)c3ccc4cc(O)ccc4c3oc-2cc1=O. The molecule has 0 saturated heterocycles. The number of benzene rings is 4. The van der Waals surface area contributed by atoms with Gasteiger partial charge in [-0.15, -0.1) is 0 Å². The molecule has 0 radical (unpaired) electrons. The van der Waals surface area contributed by atoms with Crippen molar-refractivity contribution in [3.05, 3.63) is 88.1 Å². The number of rotatable bonds is 5. The molecule has 0 saturated carbocycles. The lowest BCUT2D eigenvalue weighted by molar-refractivity contribution is -0.136. The Kier molecular flexibility index (Phi) is 5.02. The van der Waals surface area contributed by atoms with E-state index in [1.165, 1.54) is 18.2 Å².